The third-order valence-electron chi connectivity index (χ3n) is 2.56. The molecule has 0 radical (unpaired) electrons. The van der Waals surface area contributed by atoms with Gasteiger partial charge in [-0.05, 0) is 24.6 Å². The Kier molecular flexibility index (Phi) is 2.94. The van der Waals surface area contributed by atoms with Crippen LogP contribution in [0.25, 0.3) is 0 Å². The summed E-state index contributed by atoms with van der Waals surface area (Å²) in [4.78, 5) is 11.0. The lowest BCUT2D eigenvalue weighted by atomic mass is 10.1. The van der Waals surface area contributed by atoms with Crippen LogP contribution in [0.5, 0.6) is 0 Å². The van der Waals surface area contributed by atoms with Crippen LogP contribution >= 0.6 is 0 Å². The summed E-state index contributed by atoms with van der Waals surface area (Å²) in [7, 11) is 0. The van der Waals surface area contributed by atoms with Crippen molar-refractivity contribution in [2.45, 2.75) is 18.9 Å². The number of hydrogen-bond donors (Lipinski definition) is 3. The quantitative estimate of drug-likeness (QED) is 0.658. The number of carbonyl (C=O) groups excluding carboxylic acids is 1. The van der Waals surface area contributed by atoms with E-state index in [4.69, 9.17) is 5.73 Å². The number of rotatable bonds is 2. The summed E-state index contributed by atoms with van der Waals surface area (Å²) in [5.41, 5.74) is 6.58. The maximum Gasteiger partial charge on any atom is 0.220 e. The smallest absolute Gasteiger partial charge is 0.220 e. The van der Waals surface area contributed by atoms with Gasteiger partial charge < -0.3 is 16.4 Å². The molecule has 1 aromatic rings. The summed E-state index contributed by atoms with van der Waals surface area (Å²) < 4.78 is 13.1. The molecule has 0 bridgehead atoms. The topological polar surface area (TPSA) is 67.1 Å². The number of halogens is 1. The largest absolute Gasteiger partial charge is 0.399 e. The Hall–Kier alpha value is -1.78. The van der Waals surface area contributed by atoms with E-state index in [1.807, 2.05) is 0 Å². The fourth-order valence-corrected chi connectivity index (χ4v) is 1.79. The van der Waals surface area contributed by atoms with Gasteiger partial charge in [0.1, 0.15) is 5.82 Å². The second-order valence-corrected chi connectivity index (χ2v) is 3.96. The van der Waals surface area contributed by atoms with Crippen molar-refractivity contribution in [2.75, 3.05) is 17.6 Å². The fraction of sp³-hybridized carbons (Fsp3) is 0.364. The summed E-state index contributed by atoms with van der Waals surface area (Å²) in [6, 6.07) is 4.49. The van der Waals surface area contributed by atoms with E-state index in [-0.39, 0.29) is 17.8 Å². The van der Waals surface area contributed by atoms with Gasteiger partial charge in [-0.3, -0.25) is 4.79 Å². The summed E-state index contributed by atoms with van der Waals surface area (Å²) in [6.45, 7) is 0.565. The molecular weight excluding hydrogens is 209 g/mol. The van der Waals surface area contributed by atoms with Crippen LogP contribution in [0.3, 0.4) is 0 Å². The number of nitrogen functional groups attached to an aromatic ring is 1. The van der Waals surface area contributed by atoms with Crippen molar-refractivity contribution >= 4 is 17.3 Å². The van der Waals surface area contributed by atoms with E-state index in [9.17, 15) is 9.18 Å². The monoisotopic (exact) mass is 223 g/mol. The molecule has 1 atom stereocenters. The summed E-state index contributed by atoms with van der Waals surface area (Å²) in [6.07, 6.45) is 1.25. The molecule has 2 rings (SSSR count). The van der Waals surface area contributed by atoms with Crippen molar-refractivity contribution in [3.8, 4) is 0 Å². The maximum atomic E-state index is 13.1. The van der Waals surface area contributed by atoms with E-state index in [0.717, 1.165) is 6.42 Å². The van der Waals surface area contributed by atoms with Crippen molar-refractivity contribution in [3.63, 3.8) is 0 Å². The van der Waals surface area contributed by atoms with Gasteiger partial charge >= 0.3 is 0 Å². The molecule has 1 fully saturated rings. The summed E-state index contributed by atoms with van der Waals surface area (Å²) in [5.74, 6) is -0.292. The van der Waals surface area contributed by atoms with Crippen LogP contribution in [0, 0.1) is 5.82 Å². The molecule has 16 heavy (non-hydrogen) atoms. The molecule has 1 saturated heterocycles. The summed E-state index contributed by atoms with van der Waals surface area (Å²) in [5, 5.41) is 5.90. The average Bonchev–Trinajstić information content (AvgIpc) is 2.20. The molecular formula is C11H14FN3O. The van der Waals surface area contributed by atoms with Gasteiger partial charge in [0.2, 0.25) is 5.91 Å². The minimum Gasteiger partial charge on any atom is -0.399 e. The molecule has 0 aliphatic carbocycles. The predicted molar refractivity (Wildman–Crippen MR) is 60.5 cm³/mol. The lowest BCUT2D eigenvalue weighted by molar-refractivity contribution is -0.122. The van der Waals surface area contributed by atoms with Gasteiger partial charge in [0.25, 0.3) is 0 Å². The minimum atomic E-state index is -0.359. The second-order valence-electron chi connectivity index (χ2n) is 3.96. The molecule has 5 heteroatoms. The normalized spacial score (nSPS) is 20.3. The molecule has 1 amide bonds. The van der Waals surface area contributed by atoms with Crippen molar-refractivity contribution in [1.82, 2.24) is 5.32 Å². The van der Waals surface area contributed by atoms with Crippen molar-refractivity contribution in [2.24, 2.45) is 0 Å². The molecule has 1 unspecified atom stereocenters. The van der Waals surface area contributed by atoms with Gasteiger partial charge in [-0.15, -0.1) is 0 Å². The molecule has 1 aliphatic rings. The highest BCUT2D eigenvalue weighted by molar-refractivity contribution is 5.77. The molecule has 1 aromatic carbocycles. The zero-order valence-corrected chi connectivity index (χ0v) is 8.79. The highest BCUT2D eigenvalue weighted by atomic mass is 19.1. The van der Waals surface area contributed by atoms with E-state index >= 15 is 0 Å². The van der Waals surface area contributed by atoms with Gasteiger partial charge in [-0.25, -0.2) is 4.39 Å². The van der Waals surface area contributed by atoms with Crippen LogP contribution in [0.1, 0.15) is 12.8 Å². The molecule has 0 aromatic heterocycles. The molecule has 4 N–H and O–H groups in total. The number of amides is 1. The molecule has 86 valence electrons. The first kappa shape index (κ1) is 10.7. The first-order chi connectivity index (χ1) is 7.63. The SMILES string of the molecule is Nc1cc(F)cc(NC2CCC(=O)NC2)c1. The lowest BCUT2D eigenvalue weighted by Gasteiger charge is -2.24. The number of benzene rings is 1. The Morgan fingerprint density at radius 2 is 2.25 bits per heavy atom. The van der Waals surface area contributed by atoms with E-state index in [0.29, 0.717) is 24.3 Å². The maximum absolute atomic E-state index is 13.1. The van der Waals surface area contributed by atoms with Gasteiger partial charge in [0.15, 0.2) is 0 Å². The zero-order chi connectivity index (χ0) is 11.5. The Morgan fingerprint density at radius 1 is 1.44 bits per heavy atom. The van der Waals surface area contributed by atoms with E-state index in [1.54, 1.807) is 6.07 Å². The third-order valence-corrected chi connectivity index (χ3v) is 2.56. The first-order valence-electron chi connectivity index (χ1n) is 5.23. The number of nitrogens with one attached hydrogen (secondary N) is 2. The average molecular weight is 223 g/mol. The Morgan fingerprint density at radius 3 is 2.88 bits per heavy atom. The zero-order valence-electron chi connectivity index (χ0n) is 8.79. The number of anilines is 2. The van der Waals surface area contributed by atoms with Crippen LogP contribution in [0.15, 0.2) is 18.2 Å². The van der Waals surface area contributed by atoms with Crippen LogP contribution in [0.2, 0.25) is 0 Å². The third kappa shape index (κ3) is 2.62. The van der Waals surface area contributed by atoms with E-state index in [2.05, 4.69) is 10.6 Å². The Labute approximate surface area is 93.0 Å². The highest BCUT2D eigenvalue weighted by Gasteiger charge is 2.17. The van der Waals surface area contributed by atoms with E-state index < -0.39 is 0 Å². The molecule has 1 heterocycles. The number of carbonyl (C=O) groups is 1. The van der Waals surface area contributed by atoms with Gasteiger partial charge in [-0.2, -0.15) is 0 Å². The van der Waals surface area contributed by atoms with Crippen LogP contribution < -0.4 is 16.4 Å². The Bertz CT molecular complexity index is 378. The summed E-state index contributed by atoms with van der Waals surface area (Å²) >= 11 is 0. The first-order valence-corrected chi connectivity index (χ1v) is 5.23. The minimum absolute atomic E-state index is 0.0665. The van der Waals surface area contributed by atoms with Crippen molar-refractivity contribution < 1.29 is 9.18 Å². The Balaban J connectivity index is 2.00. The lowest BCUT2D eigenvalue weighted by Crippen LogP contribution is -2.41. The van der Waals surface area contributed by atoms with E-state index in [1.165, 1.54) is 12.1 Å². The fourth-order valence-electron chi connectivity index (χ4n) is 1.79. The van der Waals surface area contributed by atoms with Gasteiger partial charge in [-0.1, -0.05) is 0 Å². The number of nitrogens with two attached hydrogens (primary N) is 1. The van der Waals surface area contributed by atoms with Gasteiger partial charge in [0, 0.05) is 30.4 Å². The molecule has 4 nitrogen and oxygen atoms in total. The van der Waals surface area contributed by atoms with Crippen molar-refractivity contribution in [1.29, 1.82) is 0 Å². The van der Waals surface area contributed by atoms with Gasteiger partial charge in [0.05, 0.1) is 0 Å². The second kappa shape index (κ2) is 4.38. The molecule has 1 aliphatic heterocycles. The predicted octanol–water partition coefficient (Wildman–Crippen LogP) is 1.10. The molecule has 0 spiro atoms. The van der Waals surface area contributed by atoms with Crippen molar-refractivity contribution in [3.05, 3.63) is 24.0 Å². The van der Waals surface area contributed by atoms with Crippen LogP contribution in [-0.2, 0) is 4.79 Å². The van der Waals surface area contributed by atoms with Crippen LogP contribution in [-0.4, -0.2) is 18.5 Å². The standard InChI is InChI=1S/C11H14FN3O/c12-7-3-8(13)5-10(4-7)15-9-1-2-11(16)14-6-9/h3-5,9,15H,1-2,6,13H2,(H,14,16). The number of hydrogen-bond acceptors (Lipinski definition) is 3. The van der Waals surface area contributed by atoms with Crippen LogP contribution in [0.4, 0.5) is 15.8 Å². The number of piperidine rings is 1. The highest BCUT2D eigenvalue weighted by Crippen LogP contribution is 2.18. The molecule has 0 saturated carbocycles.